The van der Waals surface area contributed by atoms with E-state index in [2.05, 4.69) is 5.32 Å². The van der Waals surface area contributed by atoms with Crippen molar-refractivity contribution in [3.63, 3.8) is 0 Å². The number of carbonyl (C=O) groups excluding carboxylic acids is 2. The molecule has 0 aromatic heterocycles. The molecule has 0 bridgehead atoms. The molecule has 0 aliphatic carbocycles. The number of amides is 1. The van der Waals surface area contributed by atoms with Gasteiger partial charge in [-0.25, -0.2) is 0 Å². The van der Waals surface area contributed by atoms with Gasteiger partial charge in [0.2, 0.25) is 5.91 Å². The van der Waals surface area contributed by atoms with Gasteiger partial charge in [-0.3, -0.25) is 14.2 Å². The van der Waals surface area contributed by atoms with Crippen molar-refractivity contribution in [3.05, 3.63) is 35.9 Å². The summed E-state index contributed by atoms with van der Waals surface area (Å²) in [4.78, 5) is 24.5. The van der Waals surface area contributed by atoms with Gasteiger partial charge in [0.15, 0.2) is 0 Å². The Morgan fingerprint density at radius 1 is 1.00 bits per heavy atom. The Hall–Kier alpha value is -1.69. The second kappa shape index (κ2) is 16.0. The van der Waals surface area contributed by atoms with Gasteiger partial charge in [-0.1, -0.05) is 57.0 Å². The second-order valence-corrected chi connectivity index (χ2v) is 9.50. The molecule has 1 aromatic carbocycles. The third-order valence-electron chi connectivity index (χ3n) is 4.65. The molecule has 8 heteroatoms. The monoisotopic (exact) mass is 455 g/mol. The molecule has 0 saturated heterocycles. The maximum Gasteiger partial charge on any atom is 0.331 e. The molecular weight excluding hydrogens is 417 g/mol. The Morgan fingerprint density at radius 3 is 2.16 bits per heavy atom. The Bertz CT molecular complexity index is 668. The largest absolute Gasteiger partial charge is 0.466 e. The number of hydrogen-bond acceptors (Lipinski definition) is 6. The number of rotatable bonds is 17. The van der Waals surface area contributed by atoms with Crippen molar-refractivity contribution in [2.24, 2.45) is 5.92 Å². The predicted molar refractivity (Wildman–Crippen MR) is 122 cm³/mol. The van der Waals surface area contributed by atoms with E-state index in [1.807, 2.05) is 44.2 Å². The summed E-state index contributed by atoms with van der Waals surface area (Å²) in [6, 6.07) is 9.57. The van der Waals surface area contributed by atoms with E-state index in [0.29, 0.717) is 26.2 Å². The van der Waals surface area contributed by atoms with Gasteiger partial charge < -0.3 is 19.1 Å². The molecule has 1 N–H and O–H groups in total. The predicted octanol–water partition coefficient (Wildman–Crippen LogP) is 4.74. The van der Waals surface area contributed by atoms with Crippen LogP contribution in [0.15, 0.2) is 30.3 Å². The number of nitrogens with one attached hydrogen (secondary N) is 1. The highest BCUT2D eigenvalue weighted by Crippen LogP contribution is 2.50. The third-order valence-corrected chi connectivity index (χ3v) is 6.69. The molecule has 7 nitrogen and oxygen atoms in total. The molecule has 0 spiro atoms. The molecule has 1 rings (SSSR count). The van der Waals surface area contributed by atoms with E-state index < -0.39 is 13.5 Å². The molecule has 0 fully saturated rings. The topological polar surface area (TPSA) is 90.9 Å². The minimum absolute atomic E-state index is 0.000558. The Kier molecular flexibility index (Phi) is 14.1. The zero-order valence-corrected chi connectivity index (χ0v) is 20.0. The van der Waals surface area contributed by atoms with Gasteiger partial charge >= 0.3 is 13.6 Å². The molecule has 0 aliphatic heterocycles. The van der Waals surface area contributed by atoms with Crippen molar-refractivity contribution in [1.29, 1.82) is 0 Å². The summed E-state index contributed by atoms with van der Waals surface area (Å²) in [6.07, 6.45) is 3.88. The van der Waals surface area contributed by atoms with E-state index in [0.717, 1.165) is 31.2 Å². The first-order valence-electron chi connectivity index (χ1n) is 11.3. The second-order valence-electron chi connectivity index (χ2n) is 7.40. The van der Waals surface area contributed by atoms with Crippen LogP contribution in [-0.2, 0) is 34.4 Å². The van der Waals surface area contributed by atoms with Gasteiger partial charge in [0.05, 0.1) is 38.3 Å². The molecule has 0 aliphatic rings. The van der Waals surface area contributed by atoms with Gasteiger partial charge in [-0.15, -0.1) is 0 Å². The van der Waals surface area contributed by atoms with Crippen LogP contribution in [0.4, 0.5) is 0 Å². The summed E-state index contributed by atoms with van der Waals surface area (Å²) in [5.74, 6) is -1.23. The first kappa shape index (κ1) is 27.3. The van der Waals surface area contributed by atoms with E-state index in [4.69, 9.17) is 13.8 Å². The van der Waals surface area contributed by atoms with Crippen molar-refractivity contribution < 1.29 is 27.9 Å². The molecule has 0 saturated carbocycles. The van der Waals surface area contributed by atoms with Crippen LogP contribution in [-0.4, -0.2) is 44.4 Å². The number of ether oxygens (including phenoxy) is 1. The van der Waals surface area contributed by atoms with E-state index >= 15 is 0 Å². The Labute approximate surface area is 186 Å². The van der Waals surface area contributed by atoms with Crippen LogP contribution >= 0.6 is 7.60 Å². The maximum absolute atomic E-state index is 13.4. The van der Waals surface area contributed by atoms with Crippen LogP contribution in [0.3, 0.4) is 0 Å². The SMILES string of the molecule is CCCCOP(=O)(CC(Cc1ccccc1)C(=O)NCCC(=O)OCC)OCCCC. The number of esters is 1. The van der Waals surface area contributed by atoms with Crippen LogP contribution in [0.2, 0.25) is 0 Å². The summed E-state index contributed by atoms with van der Waals surface area (Å²) in [6.45, 7) is 6.94. The molecule has 31 heavy (non-hydrogen) atoms. The maximum atomic E-state index is 13.4. The Morgan fingerprint density at radius 2 is 1.61 bits per heavy atom. The minimum Gasteiger partial charge on any atom is -0.466 e. The summed E-state index contributed by atoms with van der Waals surface area (Å²) in [7, 11) is -3.44. The molecule has 1 aromatic rings. The normalized spacial score (nSPS) is 12.4. The van der Waals surface area contributed by atoms with E-state index in [1.54, 1.807) is 6.92 Å². The molecule has 1 atom stereocenters. The number of carbonyl (C=O) groups is 2. The highest BCUT2D eigenvalue weighted by molar-refractivity contribution is 7.53. The lowest BCUT2D eigenvalue weighted by Gasteiger charge is -2.24. The van der Waals surface area contributed by atoms with Crippen molar-refractivity contribution in [3.8, 4) is 0 Å². The van der Waals surface area contributed by atoms with Crippen molar-refractivity contribution >= 4 is 19.5 Å². The average Bonchev–Trinajstić information content (AvgIpc) is 2.74. The Balaban J connectivity index is 2.88. The van der Waals surface area contributed by atoms with Crippen molar-refractivity contribution in [2.75, 3.05) is 32.5 Å². The number of unbranched alkanes of at least 4 members (excludes halogenated alkanes) is 2. The number of benzene rings is 1. The quantitative estimate of drug-likeness (QED) is 0.207. The summed E-state index contributed by atoms with van der Waals surface area (Å²) in [5.41, 5.74) is 0.960. The van der Waals surface area contributed by atoms with E-state index in [1.165, 1.54) is 0 Å². The molecule has 0 heterocycles. The lowest BCUT2D eigenvalue weighted by molar-refractivity contribution is -0.143. The minimum atomic E-state index is -3.44. The van der Waals surface area contributed by atoms with Gasteiger partial charge in [0.25, 0.3) is 0 Å². The standard InChI is InChI=1S/C23H38NO6P/c1-4-7-16-29-31(27,30-17-8-5-2)19-21(18-20-12-10-9-11-13-20)23(26)24-15-14-22(25)28-6-3/h9-13,21H,4-8,14-19H2,1-3H3,(H,24,26). The molecule has 0 radical (unpaired) electrons. The average molecular weight is 456 g/mol. The first-order valence-corrected chi connectivity index (χ1v) is 13.0. The van der Waals surface area contributed by atoms with Gasteiger partial charge in [-0.2, -0.15) is 0 Å². The lowest BCUT2D eigenvalue weighted by Crippen LogP contribution is -2.35. The number of hydrogen-bond donors (Lipinski definition) is 1. The van der Waals surface area contributed by atoms with Gasteiger partial charge in [0, 0.05) is 6.54 Å². The highest BCUT2D eigenvalue weighted by Gasteiger charge is 2.33. The van der Waals surface area contributed by atoms with Crippen LogP contribution in [0, 0.1) is 5.92 Å². The van der Waals surface area contributed by atoms with Crippen LogP contribution in [0.25, 0.3) is 0 Å². The van der Waals surface area contributed by atoms with E-state index in [9.17, 15) is 14.2 Å². The first-order chi connectivity index (χ1) is 14.9. The smallest absolute Gasteiger partial charge is 0.331 e. The summed E-state index contributed by atoms with van der Waals surface area (Å²) >= 11 is 0. The fourth-order valence-corrected chi connectivity index (χ4v) is 4.85. The highest BCUT2D eigenvalue weighted by atomic mass is 31.2. The van der Waals surface area contributed by atoms with Gasteiger partial charge in [-0.05, 0) is 31.7 Å². The zero-order chi connectivity index (χ0) is 23.0. The fourth-order valence-electron chi connectivity index (χ4n) is 2.91. The molecule has 1 amide bonds. The summed E-state index contributed by atoms with van der Waals surface area (Å²) < 4.78 is 29.7. The summed E-state index contributed by atoms with van der Waals surface area (Å²) in [5, 5.41) is 2.78. The lowest BCUT2D eigenvalue weighted by atomic mass is 10.0. The molecule has 176 valence electrons. The van der Waals surface area contributed by atoms with Crippen molar-refractivity contribution in [2.45, 2.75) is 59.3 Å². The van der Waals surface area contributed by atoms with E-state index in [-0.39, 0.29) is 31.0 Å². The van der Waals surface area contributed by atoms with Crippen LogP contribution in [0.5, 0.6) is 0 Å². The van der Waals surface area contributed by atoms with Crippen LogP contribution in [0.1, 0.15) is 58.4 Å². The third kappa shape index (κ3) is 12.1. The molecular formula is C23H38NO6P. The van der Waals surface area contributed by atoms with Gasteiger partial charge in [0.1, 0.15) is 0 Å². The van der Waals surface area contributed by atoms with Crippen molar-refractivity contribution in [1.82, 2.24) is 5.32 Å². The molecule has 1 unspecified atom stereocenters. The fraction of sp³-hybridized carbons (Fsp3) is 0.652. The van der Waals surface area contributed by atoms with Crippen LogP contribution < -0.4 is 5.32 Å². The zero-order valence-electron chi connectivity index (χ0n) is 19.1.